The molecule has 26 heavy (non-hydrogen) atoms. The molecule has 2 rings (SSSR count). The molecule has 0 unspecified atom stereocenters. The van der Waals surface area contributed by atoms with Gasteiger partial charge in [0.2, 0.25) is 0 Å². The van der Waals surface area contributed by atoms with Gasteiger partial charge in [-0.15, -0.1) is 0 Å². The number of carbonyl (C=O) groups excluding carboxylic acids is 2. The van der Waals surface area contributed by atoms with Gasteiger partial charge in [-0.2, -0.15) is 0 Å². The number of rotatable bonds is 6. The van der Waals surface area contributed by atoms with Gasteiger partial charge in [-0.1, -0.05) is 6.07 Å². The fourth-order valence-corrected chi connectivity index (χ4v) is 2.72. The Morgan fingerprint density at radius 2 is 1.92 bits per heavy atom. The fraction of sp³-hybridized carbons (Fsp3) is 0.300. The Labute approximate surface area is 152 Å². The molecule has 1 heterocycles. The average Bonchev–Trinajstić information content (AvgIpc) is 2.88. The van der Waals surface area contributed by atoms with Crippen LogP contribution in [0.15, 0.2) is 30.5 Å². The molecule has 6 heteroatoms. The Morgan fingerprint density at radius 1 is 1.23 bits per heavy atom. The van der Waals surface area contributed by atoms with Crippen LogP contribution in [0.5, 0.6) is 0 Å². The van der Waals surface area contributed by atoms with Gasteiger partial charge in [-0.3, -0.25) is 9.59 Å². The molecular formula is C20H23N3O3. The van der Waals surface area contributed by atoms with Crippen LogP contribution in [0.4, 0.5) is 0 Å². The number of esters is 1. The molecule has 0 fully saturated rings. The molecule has 0 bridgehead atoms. The largest absolute Gasteiger partial charge is 0.459 e. The van der Waals surface area contributed by atoms with Crippen molar-refractivity contribution < 1.29 is 14.3 Å². The second-order valence-corrected chi connectivity index (χ2v) is 6.98. The Balaban J connectivity index is 2.52. The number of benzene rings is 1. The summed E-state index contributed by atoms with van der Waals surface area (Å²) in [6.45, 7) is 6.90. The summed E-state index contributed by atoms with van der Waals surface area (Å²) in [6, 6.07) is 5.42. The van der Waals surface area contributed by atoms with E-state index in [9.17, 15) is 9.59 Å². The summed E-state index contributed by atoms with van der Waals surface area (Å²) in [4.78, 5) is 24.2. The van der Waals surface area contributed by atoms with Crippen LogP contribution < -0.4 is 0 Å². The first-order valence-corrected chi connectivity index (χ1v) is 8.23. The SMILES string of the molecule is CC(=O)c1cn(CC(=O)OC(C)(C)C)c2ccc(C(C=N)=CC=N)cc12. The molecule has 136 valence electrons. The molecule has 0 atom stereocenters. The molecule has 0 radical (unpaired) electrons. The second kappa shape index (κ2) is 7.47. The van der Waals surface area contributed by atoms with E-state index in [0.717, 1.165) is 23.5 Å². The van der Waals surface area contributed by atoms with Crippen LogP contribution in [0.3, 0.4) is 0 Å². The summed E-state index contributed by atoms with van der Waals surface area (Å²) in [6.07, 6.45) is 5.45. The molecule has 0 amide bonds. The van der Waals surface area contributed by atoms with Crippen molar-refractivity contribution in [2.24, 2.45) is 0 Å². The lowest BCUT2D eigenvalue weighted by atomic mass is 10.0. The molecule has 0 saturated heterocycles. The number of Topliss-reactive ketones (excluding diaryl/α,β-unsaturated/α-hetero) is 1. The first kappa shape index (κ1) is 19.3. The van der Waals surface area contributed by atoms with Crippen molar-refractivity contribution in [2.45, 2.75) is 39.8 Å². The molecule has 6 nitrogen and oxygen atoms in total. The van der Waals surface area contributed by atoms with Crippen LogP contribution in [0, 0.1) is 10.8 Å². The first-order chi connectivity index (χ1) is 12.2. The number of ketones is 1. The van der Waals surface area contributed by atoms with Gasteiger partial charge in [0.15, 0.2) is 5.78 Å². The van der Waals surface area contributed by atoms with E-state index in [0.29, 0.717) is 16.5 Å². The quantitative estimate of drug-likeness (QED) is 0.469. The Bertz CT molecular complexity index is 914. The number of nitrogens with zero attached hydrogens (tertiary/aromatic N) is 1. The van der Waals surface area contributed by atoms with E-state index >= 15 is 0 Å². The smallest absolute Gasteiger partial charge is 0.326 e. The van der Waals surface area contributed by atoms with Gasteiger partial charge >= 0.3 is 5.97 Å². The maximum absolute atomic E-state index is 12.2. The minimum absolute atomic E-state index is 0.00810. The summed E-state index contributed by atoms with van der Waals surface area (Å²) in [5.41, 5.74) is 1.96. The molecule has 0 saturated carbocycles. The highest BCUT2D eigenvalue weighted by Crippen LogP contribution is 2.26. The summed E-state index contributed by atoms with van der Waals surface area (Å²) in [7, 11) is 0. The predicted octanol–water partition coefficient (Wildman–Crippen LogP) is 3.87. The molecule has 1 aromatic heterocycles. The summed E-state index contributed by atoms with van der Waals surface area (Å²) >= 11 is 0. The van der Waals surface area contributed by atoms with E-state index in [1.807, 2.05) is 6.07 Å². The first-order valence-electron chi connectivity index (χ1n) is 8.23. The van der Waals surface area contributed by atoms with Gasteiger partial charge in [0, 0.05) is 40.7 Å². The maximum atomic E-state index is 12.2. The topological polar surface area (TPSA) is 96.0 Å². The third kappa shape index (κ3) is 4.33. The zero-order chi connectivity index (χ0) is 19.5. The average molecular weight is 353 g/mol. The van der Waals surface area contributed by atoms with Crippen molar-refractivity contribution in [3.8, 4) is 0 Å². The number of hydrogen-bond donors (Lipinski definition) is 2. The van der Waals surface area contributed by atoms with Crippen LogP contribution >= 0.6 is 0 Å². The van der Waals surface area contributed by atoms with E-state index in [4.69, 9.17) is 15.6 Å². The molecule has 1 aromatic carbocycles. The van der Waals surface area contributed by atoms with E-state index in [2.05, 4.69) is 0 Å². The van der Waals surface area contributed by atoms with E-state index in [1.54, 1.807) is 43.7 Å². The third-order valence-corrected chi connectivity index (χ3v) is 3.73. The summed E-state index contributed by atoms with van der Waals surface area (Å²) in [5, 5.41) is 15.4. The molecule has 2 aromatic rings. The van der Waals surface area contributed by atoms with E-state index < -0.39 is 5.60 Å². The monoisotopic (exact) mass is 353 g/mol. The van der Waals surface area contributed by atoms with Crippen molar-refractivity contribution in [3.05, 3.63) is 41.6 Å². The van der Waals surface area contributed by atoms with Gasteiger partial charge in [0.25, 0.3) is 0 Å². The highest BCUT2D eigenvalue weighted by atomic mass is 16.6. The second-order valence-electron chi connectivity index (χ2n) is 6.98. The standard InChI is InChI=1S/C20H23N3O3/c1-13(24)17-11-23(12-19(25)26-20(2,3)4)18-6-5-14(9-16(17)18)15(10-22)7-8-21/h5-11,21-22H,12H2,1-4H3. The molecule has 0 aliphatic rings. The van der Waals surface area contributed by atoms with Crippen LogP contribution in [0.1, 0.15) is 43.6 Å². The normalized spacial score (nSPS) is 12.1. The number of carbonyl (C=O) groups is 2. The highest BCUT2D eigenvalue weighted by Gasteiger charge is 2.19. The van der Waals surface area contributed by atoms with Crippen LogP contribution in [-0.4, -0.2) is 34.3 Å². The lowest BCUT2D eigenvalue weighted by Crippen LogP contribution is -2.26. The fourth-order valence-electron chi connectivity index (χ4n) is 2.72. The van der Waals surface area contributed by atoms with Crippen molar-refractivity contribution >= 4 is 40.7 Å². The molecule has 0 spiro atoms. The maximum Gasteiger partial charge on any atom is 0.326 e. The zero-order valence-corrected chi connectivity index (χ0v) is 15.4. The van der Waals surface area contributed by atoms with Gasteiger partial charge < -0.3 is 20.1 Å². The minimum Gasteiger partial charge on any atom is -0.459 e. The zero-order valence-electron chi connectivity index (χ0n) is 15.4. The number of nitrogens with one attached hydrogen (secondary N) is 2. The van der Waals surface area contributed by atoms with E-state index in [-0.39, 0.29) is 18.3 Å². The van der Waals surface area contributed by atoms with E-state index in [1.165, 1.54) is 13.0 Å². The number of allylic oxidation sites excluding steroid dienone is 2. The Hall–Kier alpha value is -3.02. The van der Waals surface area contributed by atoms with Gasteiger partial charge in [0.05, 0.1) is 0 Å². The molecular weight excluding hydrogens is 330 g/mol. The number of ether oxygens (including phenoxy) is 1. The lowest BCUT2D eigenvalue weighted by Gasteiger charge is -2.19. The lowest BCUT2D eigenvalue weighted by molar-refractivity contribution is -0.155. The molecule has 2 N–H and O–H groups in total. The van der Waals surface area contributed by atoms with Crippen LogP contribution in [-0.2, 0) is 16.1 Å². The van der Waals surface area contributed by atoms with Crippen LogP contribution in [0.2, 0.25) is 0 Å². The molecule has 0 aliphatic carbocycles. The summed E-state index contributed by atoms with van der Waals surface area (Å²) in [5.74, 6) is -0.486. The van der Waals surface area contributed by atoms with Gasteiger partial charge in [0.1, 0.15) is 12.1 Å². The van der Waals surface area contributed by atoms with Crippen LogP contribution in [0.25, 0.3) is 16.5 Å². The van der Waals surface area contributed by atoms with Gasteiger partial charge in [-0.25, -0.2) is 0 Å². The number of fused-ring (bicyclic) bond motifs is 1. The van der Waals surface area contributed by atoms with Crippen molar-refractivity contribution in [2.75, 3.05) is 0 Å². The Kier molecular flexibility index (Phi) is 5.55. The molecule has 0 aliphatic heterocycles. The summed E-state index contributed by atoms with van der Waals surface area (Å²) < 4.78 is 7.07. The van der Waals surface area contributed by atoms with Gasteiger partial charge in [-0.05, 0) is 51.5 Å². The predicted molar refractivity (Wildman–Crippen MR) is 103 cm³/mol. The third-order valence-electron chi connectivity index (χ3n) is 3.73. The van der Waals surface area contributed by atoms with Crippen molar-refractivity contribution in [1.82, 2.24) is 4.57 Å². The van der Waals surface area contributed by atoms with Crippen molar-refractivity contribution in [3.63, 3.8) is 0 Å². The Morgan fingerprint density at radius 3 is 2.46 bits per heavy atom. The minimum atomic E-state index is -0.576. The highest BCUT2D eigenvalue weighted by molar-refractivity contribution is 6.14. The number of aromatic nitrogens is 1. The number of hydrogen-bond acceptors (Lipinski definition) is 5. The van der Waals surface area contributed by atoms with Crippen molar-refractivity contribution in [1.29, 1.82) is 10.8 Å².